The molecule has 0 fully saturated rings. The largest absolute Gasteiger partial charge is 0.422 e. The fourth-order valence-corrected chi connectivity index (χ4v) is 2.46. The summed E-state index contributed by atoms with van der Waals surface area (Å²) in [6, 6.07) is 9.40. The van der Waals surface area contributed by atoms with Crippen molar-refractivity contribution < 1.29 is 17.6 Å². The zero-order valence-electron chi connectivity index (χ0n) is 11.4. The highest BCUT2D eigenvalue weighted by Gasteiger charge is 2.27. The van der Waals surface area contributed by atoms with E-state index in [1.54, 1.807) is 30.3 Å². The van der Waals surface area contributed by atoms with Gasteiger partial charge in [-0.15, -0.1) is 0 Å². The Morgan fingerprint density at radius 1 is 1.05 bits per heavy atom. The quantitative estimate of drug-likeness (QED) is 0.507. The van der Waals surface area contributed by atoms with Crippen LogP contribution in [-0.4, -0.2) is 6.18 Å². The monoisotopic (exact) mass is 304 g/mol. The van der Waals surface area contributed by atoms with Crippen LogP contribution in [0.25, 0.3) is 27.8 Å². The van der Waals surface area contributed by atoms with Gasteiger partial charge in [0.15, 0.2) is 0 Å². The van der Waals surface area contributed by atoms with Crippen molar-refractivity contribution in [3.8, 4) is 0 Å². The molecule has 22 heavy (non-hydrogen) atoms. The van der Waals surface area contributed by atoms with Crippen molar-refractivity contribution in [3.05, 3.63) is 64.5 Å². The molecule has 0 saturated heterocycles. The summed E-state index contributed by atoms with van der Waals surface area (Å²) in [7, 11) is 0. The lowest BCUT2D eigenvalue weighted by Crippen LogP contribution is -2.11. The van der Waals surface area contributed by atoms with E-state index in [4.69, 9.17) is 4.42 Å². The third-order valence-electron chi connectivity index (χ3n) is 3.44. The van der Waals surface area contributed by atoms with Crippen molar-refractivity contribution in [1.29, 1.82) is 0 Å². The first-order valence-corrected chi connectivity index (χ1v) is 6.56. The molecule has 0 spiro atoms. The number of alkyl halides is 3. The number of fused-ring (bicyclic) bond motifs is 3. The van der Waals surface area contributed by atoms with Crippen LogP contribution in [0.1, 0.15) is 11.1 Å². The fraction of sp³-hybridized carbons (Fsp3) is 0.118. The van der Waals surface area contributed by atoms with Crippen LogP contribution in [0.3, 0.4) is 0 Å². The molecule has 0 aliphatic rings. The van der Waals surface area contributed by atoms with Gasteiger partial charge in [0.1, 0.15) is 5.58 Å². The van der Waals surface area contributed by atoms with E-state index in [0.717, 1.165) is 5.56 Å². The van der Waals surface area contributed by atoms with Crippen LogP contribution in [0.5, 0.6) is 0 Å². The highest BCUT2D eigenvalue weighted by molar-refractivity contribution is 6.04. The second kappa shape index (κ2) is 5.02. The van der Waals surface area contributed by atoms with E-state index < -0.39 is 18.2 Å². The van der Waals surface area contributed by atoms with Gasteiger partial charge < -0.3 is 4.42 Å². The van der Waals surface area contributed by atoms with Crippen LogP contribution >= 0.6 is 0 Å². The molecular weight excluding hydrogens is 293 g/mol. The van der Waals surface area contributed by atoms with Gasteiger partial charge in [0.25, 0.3) is 0 Å². The Kier molecular flexibility index (Phi) is 3.28. The van der Waals surface area contributed by atoms with Gasteiger partial charge in [-0.05, 0) is 28.6 Å². The highest BCUT2D eigenvalue weighted by Crippen LogP contribution is 2.27. The van der Waals surface area contributed by atoms with Gasteiger partial charge in [-0.1, -0.05) is 36.9 Å². The van der Waals surface area contributed by atoms with E-state index in [-0.39, 0.29) is 11.1 Å². The first-order chi connectivity index (χ1) is 10.4. The van der Waals surface area contributed by atoms with Gasteiger partial charge >= 0.3 is 11.8 Å². The maximum absolute atomic E-state index is 12.5. The Morgan fingerprint density at radius 2 is 1.77 bits per heavy atom. The lowest BCUT2D eigenvalue weighted by molar-refractivity contribution is -0.127. The zero-order chi connectivity index (χ0) is 15.9. The molecule has 3 aromatic rings. The molecule has 0 N–H and O–H groups in total. The van der Waals surface area contributed by atoms with E-state index in [9.17, 15) is 18.0 Å². The Morgan fingerprint density at radius 3 is 2.45 bits per heavy atom. The maximum atomic E-state index is 12.5. The first-order valence-electron chi connectivity index (χ1n) is 6.56. The summed E-state index contributed by atoms with van der Waals surface area (Å²) in [4.78, 5) is 12.0. The highest BCUT2D eigenvalue weighted by atomic mass is 19.4. The van der Waals surface area contributed by atoms with Gasteiger partial charge in [-0.25, -0.2) is 4.79 Å². The smallest absolute Gasteiger partial charge is 0.393 e. The van der Waals surface area contributed by atoms with Gasteiger partial charge in [0, 0.05) is 5.39 Å². The zero-order valence-corrected chi connectivity index (χ0v) is 11.4. The molecule has 0 radical (unpaired) electrons. The summed E-state index contributed by atoms with van der Waals surface area (Å²) in [5.74, 6) is 0. The summed E-state index contributed by atoms with van der Waals surface area (Å²) in [6.45, 7) is 3.64. The summed E-state index contributed by atoms with van der Waals surface area (Å²) in [5.41, 5.74) is 0.416. The summed E-state index contributed by atoms with van der Waals surface area (Å²) >= 11 is 0. The molecule has 1 aromatic heterocycles. The van der Waals surface area contributed by atoms with Crippen LogP contribution in [0.4, 0.5) is 13.2 Å². The molecule has 0 atom stereocenters. The van der Waals surface area contributed by atoms with Crippen molar-refractivity contribution in [2.75, 3.05) is 0 Å². The summed E-state index contributed by atoms with van der Waals surface area (Å²) < 4.78 is 42.5. The lowest BCUT2D eigenvalue weighted by atomic mass is 10.0. The van der Waals surface area contributed by atoms with E-state index in [1.165, 1.54) is 12.1 Å². The SMILES string of the molecule is C=Cc1ccc2c(c1)c(=O)oc1cc(CC(F)(F)F)ccc12. The second-order valence-electron chi connectivity index (χ2n) is 5.02. The third kappa shape index (κ3) is 2.62. The third-order valence-corrected chi connectivity index (χ3v) is 3.44. The van der Waals surface area contributed by atoms with Gasteiger partial charge in [-0.3, -0.25) is 0 Å². The molecule has 0 aliphatic heterocycles. The van der Waals surface area contributed by atoms with Gasteiger partial charge in [0.2, 0.25) is 0 Å². The molecule has 2 aromatic carbocycles. The Bertz CT molecular complexity index is 936. The minimum absolute atomic E-state index is 0.0604. The molecule has 112 valence electrons. The molecule has 0 saturated carbocycles. The Labute approximate surface area is 123 Å². The molecule has 2 nitrogen and oxygen atoms in total. The average Bonchev–Trinajstić information content (AvgIpc) is 2.45. The van der Waals surface area contributed by atoms with Crippen molar-refractivity contribution in [2.24, 2.45) is 0 Å². The maximum Gasteiger partial charge on any atom is 0.393 e. The van der Waals surface area contributed by atoms with Crippen LogP contribution < -0.4 is 5.63 Å². The standard InChI is InChI=1S/C17H11F3O2/c1-2-10-3-5-12-13-6-4-11(9-17(18,19)20)8-15(13)22-16(21)14(12)7-10/h2-8H,1,9H2. The first kappa shape index (κ1) is 14.4. The van der Waals surface area contributed by atoms with Gasteiger partial charge in [0.05, 0.1) is 11.8 Å². The van der Waals surface area contributed by atoms with Crippen LogP contribution in [0, 0.1) is 0 Å². The topological polar surface area (TPSA) is 30.2 Å². The second-order valence-corrected chi connectivity index (χ2v) is 5.02. The van der Waals surface area contributed by atoms with Crippen molar-refractivity contribution in [3.63, 3.8) is 0 Å². The van der Waals surface area contributed by atoms with Crippen molar-refractivity contribution in [1.82, 2.24) is 0 Å². The van der Waals surface area contributed by atoms with Crippen LogP contribution in [0.2, 0.25) is 0 Å². The predicted octanol–water partition coefficient (Wildman–Crippen LogP) is 4.69. The van der Waals surface area contributed by atoms with E-state index in [0.29, 0.717) is 16.2 Å². The normalized spacial score (nSPS) is 12.0. The van der Waals surface area contributed by atoms with Crippen LogP contribution in [0.15, 0.2) is 52.2 Å². The molecule has 0 aliphatic carbocycles. The number of benzene rings is 2. The lowest BCUT2D eigenvalue weighted by Gasteiger charge is -2.08. The minimum Gasteiger partial charge on any atom is -0.422 e. The fourth-order valence-electron chi connectivity index (χ4n) is 2.46. The Hall–Kier alpha value is -2.56. The van der Waals surface area contributed by atoms with Crippen LogP contribution in [-0.2, 0) is 6.42 Å². The molecule has 5 heteroatoms. The summed E-state index contributed by atoms with van der Waals surface area (Å²) in [6.07, 6.45) is -3.75. The number of hydrogen-bond donors (Lipinski definition) is 0. The van der Waals surface area contributed by atoms with E-state index in [1.807, 2.05) is 0 Å². The number of halogens is 3. The Balaban J connectivity index is 2.26. The molecular formula is C17H11F3O2. The molecule has 3 rings (SSSR count). The predicted molar refractivity (Wildman–Crippen MR) is 79.8 cm³/mol. The molecule has 0 amide bonds. The minimum atomic E-state index is -4.30. The van der Waals surface area contributed by atoms with E-state index in [2.05, 4.69) is 6.58 Å². The molecule has 0 bridgehead atoms. The van der Waals surface area contributed by atoms with Crippen molar-refractivity contribution >= 4 is 27.8 Å². The molecule has 1 heterocycles. The number of hydrogen-bond acceptors (Lipinski definition) is 2. The van der Waals surface area contributed by atoms with Gasteiger partial charge in [-0.2, -0.15) is 13.2 Å². The molecule has 0 unspecified atom stereocenters. The summed E-state index contributed by atoms with van der Waals surface area (Å²) in [5, 5.41) is 1.64. The average molecular weight is 304 g/mol. The van der Waals surface area contributed by atoms with E-state index >= 15 is 0 Å². The van der Waals surface area contributed by atoms with Crippen molar-refractivity contribution in [2.45, 2.75) is 12.6 Å². The number of rotatable bonds is 2.